The quantitative estimate of drug-likeness (QED) is 0.921. The summed E-state index contributed by atoms with van der Waals surface area (Å²) < 4.78 is 5.75. The zero-order valence-corrected chi connectivity index (χ0v) is 11.2. The van der Waals surface area contributed by atoms with E-state index in [4.69, 9.17) is 4.74 Å². The Morgan fingerprint density at radius 1 is 1.44 bits per heavy atom. The summed E-state index contributed by atoms with van der Waals surface area (Å²) in [4.78, 5) is 4.45. The van der Waals surface area contributed by atoms with Gasteiger partial charge in [-0.2, -0.15) is 0 Å². The molecule has 1 aliphatic rings. The molecule has 1 N–H and O–H groups in total. The zero-order valence-electron chi connectivity index (χ0n) is 10.3. The Balaban J connectivity index is 1.59. The van der Waals surface area contributed by atoms with Gasteiger partial charge in [0.25, 0.3) is 0 Å². The van der Waals surface area contributed by atoms with Gasteiger partial charge in [0.15, 0.2) is 0 Å². The summed E-state index contributed by atoms with van der Waals surface area (Å²) in [5.41, 5.74) is 2.41. The average Bonchev–Trinajstić information content (AvgIpc) is 2.82. The van der Waals surface area contributed by atoms with E-state index in [0.717, 1.165) is 36.0 Å². The number of thiazole rings is 1. The van der Waals surface area contributed by atoms with E-state index in [1.807, 2.05) is 19.1 Å². The number of para-hydroxylation sites is 1. The van der Waals surface area contributed by atoms with Crippen molar-refractivity contribution in [1.82, 2.24) is 10.3 Å². The van der Waals surface area contributed by atoms with Crippen molar-refractivity contribution in [2.75, 3.05) is 6.61 Å². The van der Waals surface area contributed by atoms with Crippen LogP contribution in [0, 0.1) is 6.92 Å². The van der Waals surface area contributed by atoms with Crippen LogP contribution in [0.3, 0.4) is 0 Å². The molecule has 1 aliphatic heterocycles. The van der Waals surface area contributed by atoms with Gasteiger partial charge in [0.1, 0.15) is 12.4 Å². The van der Waals surface area contributed by atoms with Crippen LogP contribution in [-0.2, 0) is 13.0 Å². The maximum atomic E-state index is 5.75. The van der Waals surface area contributed by atoms with Gasteiger partial charge in [0, 0.05) is 18.0 Å². The number of aryl methyl sites for hydroxylation is 1. The molecule has 1 atom stereocenters. The van der Waals surface area contributed by atoms with Gasteiger partial charge in [-0.1, -0.05) is 18.2 Å². The minimum absolute atomic E-state index is 0.377. The number of hydrogen-bond donors (Lipinski definition) is 1. The van der Waals surface area contributed by atoms with Crippen molar-refractivity contribution in [2.24, 2.45) is 0 Å². The average molecular weight is 260 g/mol. The molecule has 3 nitrogen and oxygen atoms in total. The van der Waals surface area contributed by atoms with Crippen LogP contribution in [0.4, 0.5) is 0 Å². The first-order chi connectivity index (χ1) is 8.81. The Labute approximate surface area is 111 Å². The number of nitrogens with zero attached hydrogens (tertiary/aromatic N) is 1. The summed E-state index contributed by atoms with van der Waals surface area (Å²) in [7, 11) is 0. The number of benzene rings is 1. The lowest BCUT2D eigenvalue weighted by Crippen LogP contribution is -2.38. The van der Waals surface area contributed by atoms with E-state index < -0.39 is 0 Å². The molecular formula is C14H16N2OS. The molecular weight excluding hydrogens is 244 g/mol. The molecule has 0 radical (unpaired) electrons. The Hall–Kier alpha value is -1.39. The third-order valence-corrected chi connectivity index (χ3v) is 3.94. The smallest absolute Gasteiger partial charge is 0.122 e. The third-order valence-electron chi connectivity index (χ3n) is 3.12. The van der Waals surface area contributed by atoms with E-state index in [1.165, 1.54) is 5.56 Å². The van der Waals surface area contributed by atoms with Crippen LogP contribution in [-0.4, -0.2) is 17.6 Å². The van der Waals surface area contributed by atoms with E-state index in [2.05, 4.69) is 27.8 Å². The Bertz CT molecular complexity index is 538. The first-order valence-corrected chi connectivity index (χ1v) is 7.04. The van der Waals surface area contributed by atoms with Crippen molar-refractivity contribution in [3.8, 4) is 5.75 Å². The van der Waals surface area contributed by atoms with Crippen LogP contribution in [0.15, 0.2) is 29.6 Å². The minimum Gasteiger partial charge on any atom is -0.492 e. The molecule has 0 saturated carbocycles. The van der Waals surface area contributed by atoms with E-state index >= 15 is 0 Å². The second-order valence-electron chi connectivity index (χ2n) is 4.56. The van der Waals surface area contributed by atoms with Gasteiger partial charge < -0.3 is 10.1 Å². The number of hydrogen-bond acceptors (Lipinski definition) is 4. The van der Waals surface area contributed by atoms with Crippen molar-refractivity contribution < 1.29 is 4.74 Å². The topological polar surface area (TPSA) is 34.2 Å². The highest BCUT2D eigenvalue weighted by molar-refractivity contribution is 7.09. The molecule has 3 rings (SSSR count). The normalized spacial score (nSPS) is 18.2. The lowest BCUT2D eigenvalue weighted by Gasteiger charge is -2.25. The van der Waals surface area contributed by atoms with Gasteiger partial charge >= 0.3 is 0 Å². The van der Waals surface area contributed by atoms with Crippen molar-refractivity contribution in [1.29, 1.82) is 0 Å². The van der Waals surface area contributed by atoms with Gasteiger partial charge in [-0.25, -0.2) is 4.98 Å². The molecule has 2 aromatic rings. The van der Waals surface area contributed by atoms with Crippen LogP contribution in [0.5, 0.6) is 5.75 Å². The molecule has 0 spiro atoms. The number of aromatic nitrogens is 1. The highest BCUT2D eigenvalue weighted by Crippen LogP contribution is 2.24. The first-order valence-electron chi connectivity index (χ1n) is 6.16. The standard InChI is InChI=1S/C14H16N2OS/c1-10-16-13(9-18-10)7-15-12-6-11-4-2-3-5-14(11)17-8-12/h2-5,9,12,15H,6-8H2,1H3/t12-/m1/s1. The largest absolute Gasteiger partial charge is 0.492 e. The van der Waals surface area contributed by atoms with Crippen LogP contribution < -0.4 is 10.1 Å². The molecule has 0 fully saturated rings. The molecule has 2 heterocycles. The second-order valence-corrected chi connectivity index (χ2v) is 5.62. The Morgan fingerprint density at radius 3 is 3.17 bits per heavy atom. The molecule has 0 amide bonds. The minimum atomic E-state index is 0.377. The van der Waals surface area contributed by atoms with Crippen LogP contribution in [0.2, 0.25) is 0 Å². The number of ether oxygens (including phenoxy) is 1. The molecule has 4 heteroatoms. The molecule has 94 valence electrons. The summed E-state index contributed by atoms with van der Waals surface area (Å²) in [6.07, 6.45) is 1.03. The van der Waals surface area contributed by atoms with E-state index in [0.29, 0.717) is 6.04 Å². The fraction of sp³-hybridized carbons (Fsp3) is 0.357. The highest BCUT2D eigenvalue weighted by atomic mass is 32.1. The SMILES string of the molecule is Cc1nc(CN[C@H]2COc3ccccc3C2)cs1. The molecule has 0 saturated heterocycles. The van der Waals surface area contributed by atoms with Crippen molar-refractivity contribution >= 4 is 11.3 Å². The summed E-state index contributed by atoms with van der Waals surface area (Å²) in [6, 6.07) is 8.63. The molecule has 1 aromatic heterocycles. The molecule has 1 aromatic carbocycles. The first kappa shape index (κ1) is 11.7. The van der Waals surface area contributed by atoms with Gasteiger partial charge in [-0.15, -0.1) is 11.3 Å². The van der Waals surface area contributed by atoms with E-state index in [1.54, 1.807) is 11.3 Å². The fourth-order valence-corrected chi connectivity index (χ4v) is 2.81. The van der Waals surface area contributed by atoms with E-state index in [9.17, 15) is 0 Å². The van der Waals surface area contributed by atoms with Crippen molar-refractivity contribution in [3.63, 3.8) is 0 Å². The zero-order chi connectivity index (χ0) is 12.4. The van der Waals surface area contributed by atoms with Crippen LogP contribution >= 0.6 is 11.3 Å². The second kappa shape index (κ2) is 5.08. The number of fused-ring (bicyclic) bond motifs is 1. The third kappa shape index (κ3) is 2.54. The lowest BCUT2D eigenvalue weighted by molar-refractivity contribution is 0.237. The maximum Gasteiger partial charge on any atom is 0.122 e. The predicted molar refractivity (Wildman–Crippen MR) is 73.1 cm³/mol. The van der Waals surface area contributed by atoms with Gasteiger partial charge in [-0.05, 0) is 25.0 Å². The number of nitrogens with one attached hydrogen (secondary N) is 1. The lowest BCUT2D eigenvalue weighted by atomic mass is 10.0. The van der Waals surface area contributed by atoms with Gasteiger partial charge in [0.05, 0.1) is 10.7 Å². The van der Waals surface area contributed by atoms with Crippen molar-refractivity contribution in [3.05, 3.63) is 45.9 Å². The van der Waals surface area contributed by atoms with E-state index in [-0.39, 0.29) is 0 Å². The Morgan fingerprint density at radius 2 is 2.33 bits per heavy atom. The summed E-state index contributed by atoms with van der Waals surface area (Å²) >= 11 is 1.70. The van der Waals surface area contributed by atoms with Crippen LogP contribution in [0.1, 0.15) is 16.3 Å². The van der Waals surface area contributed by atoms with Gasteiger partial charge in [0.2, 0.25) is 0 Å². The number of rotatable bonds is 3. The van der Waals surface area contributed by atoms with Crippen molar-refractivity contribution in [2.45, 2.75) is 25.9 Å². The molecule has 0 unspecified atom stereocenters. The Kier molecular flexibility index (Phi) is 3.30. The monoisotopic (exact) mass is 260 g/mol. The molecule has 0 bridgehead atoms. The van der Waals surface area contributed by atoms with Gasteiger partial charge in [-0.3, -0.25) is 0 Å². The maximum absolute atomic E-state index is 5.75. The summed E-state index contributed by atoms with van der Waals surface area (Å²) in [6.45, 7) is 3.59. The summed E-state index contributed by atoms with van der Waals surface area (Å²) in [5, 5.41) is 6.74. The predicted octanol–water partition coefficient (Wildman–Crippen LogP) is 2.54. The molecule has 0 aliphatic carbocycles. The highest BCUT2D eigenvalue weighted by Gasteiger charge is 2.18. The fourth-order valence-electron chi connectivity index (χ4n) is 2.20. The summed E-state index contributed by atoms with van der Waals surface area (Å²) in [5.74, 6) is 1.03. The molecule has 18 heavy (non-hydrogen) atoms. The van der Waals surface area contributed by atoms with Crippen LogP contribution in [0.25, 0.3) is 0 Å².